The second-order valence-corrected chi connectivity index (χ2v) is 12.6. The largest absolute Gasteiger partial charge is 0.478 e. The van der Waals surface area contributed by atoms with Crippen LogP contribution in [0.1, 0.15) is 55.2 Å². The van der Waals surface area contributed by atoms with Gasteiger partial charge in [-0.05, 0) is 63.8 Å². The van der Waals surface area contributed by atoms with E-state index in [1.165, 1.54) is 11.1 Å². The number of aromatic amines is 1. The van der Waals surface area contributed by atoms with E-state index in [1.807, 2.05) is 27.2 Å². The highest BCUT2D eigenvalue weighted by Crippen LogP contribution is 2.43. The molecule has 1 aliphatic rings. The number of rotatable bonds is 12. The topological polar surface area (TPSA) is 125 Å². The van der Waals surface area contributed by atoms with Crippen LogP contribution in [-0.2, 0) is 22.4 Å². The van der Waals surface area contributed by atoms with E-state index in [9.17, 15) is 19.8 Å². The van der Waals surface area contributed by atoms with Crippen LogP contribution in [0.15, 0.2) is 40.7 Å². The Kier molecular flexibility index (Phi) is 9.33. The van der Waals surface area contributed by atoms with Crippen molar-refractivity contribution >= 4 is 29.4 Å². The number of ether oxygens (including phenoxy) is 1. The van der Waals surface area contributed by atoms with Gasteiger partial charge in [0.15, 0.2) is 11.2 Å². The molecular weight excluding hydrogens is 504 g/mol. The van der Waals surface area contributed by atoms with Crippen molar-refractivity contribution in [3.8, 4) is 0 Å². The Morgan fingerprint density at radius 1 is 1.24 bits per heavy atom. The van der Waals surface area contributed by atoms with Gasteiger partial charge in [-0.1, -0.05) is 22.9 Å². The fourth-order valence-corrected chi connectivity index (χ4v) is 6.10. The molecule has 0 bridgehead atoms. The molecule has 4 N–H and O–H groups in total. The molecule has 0 spiro atoms. The fraction of sp³-hybridized carbons (Fsp3) is 0.536. The molecule has 1 aliphatic heterocycles. The number of benzene rings is 1. The number of carbonyl (C=O) groups is 2. The summed E-state index contributed by atoms with van der Waals surface area (Å²) in [7, 11) is 7.31. The number of quaternary nitrogens is 1. The lowest BCUT2D eigenvalue weighted by atomic mass is 9.81. The zero-order chi connectivity index (χ0) is 28.3. The predicted octanol–water partition coefficient (Wildman–Crippen LogP) is 4.46. The van der Waals surface area contributed by atoms with Crippen molar-refractivity contribution in [2.45, 2.75) is 68.4 Å². The van der Waals surface area contributed by atoms with Crippen LogP contribution in [0.25, 0.3) is 0 Å². The molecule has 38 heavy (non-hydrogen) atoms. The summed E-state index contributed by atoms with van der Waals surface area (Å²) in [6.07, 6.45) is 4.41. The maximum atomic E-state index is 11.9. The van der Waals surface area contributed by atoms with E-state index in [2.05, 4.69) is 36.1 Å². The number of carboxylic acid groups (broad SMARTS) is 2. The number of anilines is 1. The monoisotopic (exact) mass is 545 g/mol. The summed E-state index contributed by atoms with van der Waals surface area (Å²) >= 11 is 1.59. The first kappa shape index (κ1) is 29.7. The van der Waals surface area contributed by atoms with Gasteiger partial charge in [-0.25, -0.2) is 14.6 Å². The van der Waals surface area contributed by atoms with Crippen LogP contribution in [0.2, 0.25) is 0 Å². The number of aromatic carboxylic acids is 1. The van der Waals surface area contributed by atoms with E-state index in [-0.39, 0.29) is 10.8 Å². The standard InChI is InChI=1S/C28H40N4O5S/c1-17(2)18(3)10-11-28(16-37-7)24(13-20-12-19(25(33)34)8-9-22(20)31-28)38-27-29-15-21(30-27)14-23(26(35)36)32(4,5)6/h8-9,12,15,23-24,31H,10-11,13-14,16H2,1-7H3,(H2-,29,30,33,34,35,36)/p+1/t23?,24-,28-/m1/s1. The molecule has 208 valence electrons. The molecule has 1 aromatic heterocycles. The number of hydrogen-bond acceptors (Lipinski definition) is 6. The highest BCUT2D eigenvalue weighted by molar-refractivity contribution is 7.99. The Bertz CT molecular complexity index is 1200. The second-order valence-electron chi connectivity index (χ2n) is 11.4. The average Bonchev–Trinajstić information content (AvgIpc) is 3.27. The number of nitrogens with zero attached hydrogens (tertiary/aromatic N) is 2. The molecule has 0 radical (unpaired) electrons. The van der Waals surface area contributed by atoms with E-state index in [1.54, 1.807) is 37.2 Å². The molecule has 0 saturated heterocycles. The number of allylic oxidation sites excluding steroid dienone is 2. The van der Waals surface area contributed by atoms with Crippen molar-refractivity contribution in [3.05, 3.63) is 52.4 Å². The number of aromatic nitrogens is 2. The minimum atomic E-state index is -0.953. The van der Waals surface area contributed by atoms with Crippen molar-refractivity contribution in [1.29, 1.82) is 0 Å². The first-order valence-electron chi connectivity index (χ1n) is 12.8. The molecule has 3 rings (SSSR count). The van der Waals surface area contributed by atoms with Crippen molar-refractivity contribution in [3.63, 3.8) is 0 Å². The summed E-state index contributed by atoms with van der Waals surface area (Å²) in [5, 5.41) is 23.7. The molecule has 9 nitrogen and oxygen atoms in total. The maximum absolute atomic E-state index is 11.9. The highest BCUT2D eigenvalue weighted by Gasteiger charge is 2.44. The van der Waals surface area contributed by atoms with Gasteiger partial charge in [-0.15, -0.1) is 0 Å². The Morgan fingerprint density at radius 3 is 2.53 bits per heavy atom. The van der Waals surface area contributed by atoms with Crippen molar-refractivity contribution in [2.75, 3.05) is 40.2 Å². The zero-order valence-corrected chi connectivity index (χ0v) is 24.2. The fourth-order valence-electron chi connectivity index (χ4n) is 4.80. The van der Waals surface area contributed by atoms with Gasteiger partial charge in [0.2, 0.25) is 0 Å². The van der Waals surface area contributed by atoms with Crippen LogP contribution < -0.4 is 5.32 Å². The van der Waals surface area contributed by atoms with Crippen LogP contribution in [0, 0.1) is 0 Å². The molecule has 0 amide bonds. The number of likely N-dealkylation sites (N-methyl/N-ethyl adjacent to an activating group) is 1. The molecule has 1 unspecified atom stereocenters. The van der Waals surface area contributed by atoms with E-state index < -0.39 is 23.5 Å². The number of thioether (sulfide) groups is 1. The minimum Gasteiger partial charge on any atom is -0.478 e. The van der Waals surface area contributed by atoms with Crippen LogP contribution in [-0.4, -0.2) is 88.3 Å². The summed E-state index contributed by atoms with van der Waals surface area (Å²) in [5.74, 6) is -1.80. The number of hydrogen-bond donors (Lipinski definition) is 4. The van der Waals surface area contributed by atoms with Gasteiger partial charge in [0.25, 0.3) is 0 Å². The number of H-pyrrole nitrogens is 1. The van der Waals surface area contributed by atoms with Gasteiger partial charge < -0.3 is 29.7 Å². The van der Waals surface area contributed by atoms with Crippen LogP contribution in [0.5, 0.6) is 0 Å². The normalized spacial score (nSPS) is 19.8. The Hall–Kier alpha value is -2.82. The summed E-state index contributed by atoms with van der Waals surface area (Å²) in [4.78, 5) is 31.4. The van der Waals surface area contributed by atoms with Crippen LogP contribution in [0.4, 0.5) is 5.69 Å². The molecule has 0 fully saturated rings. The number of aliphatic carboxylic acids is 1. The molecule has 2 aromatic rings. The lowest BCUT2D eigenvalue weighted by Crippen LogP contribution is -2.55. The summed E-state index contributed by atoms with van der Waals surface area (Å²) < 4.78 is 6.06. The summed E-state index contributed by atoms with van der Waals surface area (Å²) in [5.41, 5.74) is 5.09. The van der Waals surface area contributed by atoms with Crippen molar-refractivity contribution < 1.29 is 29.0 Å². The predicted molar refractivity (Wildman–Crippen MR) is 150 cm³/mol. The zero-order valence-electron chi connectivity index (χ0n) is 23.4. The Morgan fingerprint density at radius 2 is 1.95 bits per heavy atom. The van der Waals surface area contributed by atoms with Gasteiger partial charge in [0.1, 0.15) is 0 Å². The molecular formula is C28H41N4O5S+. The number of methoxy groups -OCH3 is 1. The second kappa shape index (κ2) is 11.9. The van der Waals surface area contributed by atoms with Crippen molar-refractivity contribution in [2.24, 2.45) is 0 Å². The number of nitrogens with one attached hydrogen (secondary N) is 2. The molecule has 3 atom stereocenters. The first-order valence-corrected chi connectivity index (χ1v) is 13.6. The smallest absolute Gasteiger partial charge is 0.362 e. The quantitative estimate of drug-likeness (QED) is 0.228. The number of imidazole rings is 1. The first-order chi connectivity index (χ1) is 17.8. The van der Waals surface area contributed by atoms with Gasteiger partial charge in [-0.3, -0.25) is 0 Å². The summed E-state index contributed by atoms with van der Waals surface area (Å²) in [6.45, 7) is 6.86. The highest BCUT2D eigenvalue weighted by atomic mass is 32.2. The lowest BCUT2D eigenvalue weighted by Gasteiger charge is -2.45. The SMILES string of the molecule is COC[C@@]1(CCC(C)=C(C)C)Nc2ccc(C(=O)O)cc2C[C@H]1Sc1ncc(CC(C(=O)O)[N+](C)(C)C)[nH]1. The van der Waals surface area contributed by atoms with E-state index >= 15 is 0 Å². The molecule has 1 aromatic carbocycles. The molecule has 0 saturated carbocycles. The van der Waals surface area contributed by atoms with Gasteiger partial charge in [0, 0.05) is 29.9 Å². The maximum Gasteiger partial charge on any atom is 0.362 e. The Balaban J connectivity index is 1.95. The van der Waals surface area contributed by atoms with E-state index in [4.69, 9.17) is 4.74 Å². The van der Waals surface area contributed by atoms with Crippen LogP contribution >= 0.6 is 11.8 Å². The summed E-state index contributed by atoms with van der Waals surface area (Å²) in [6, 6.07) is 4.61. The number of carboxylic acids is 2. The lowest BCUT2D eigenvalue weighted by molar-refractivity contribution is -0.887. The van der Waals surface area contributed by atoms with E-state index in [0.717, 1.165) is 29.8 Å². The third-order valence-electron chi connectivity index (χ3n) is 7.45. The molecule has 0 aliphatic carbocycles. The van der Waals surface area contributed by atoms with Crippen molar-refractivity contribution in [1.82, 2.24) is 9.97 Å². The third kappa shape index (κ3) is 6.98. The number of fused-ring (bicyclic) bond motifs is 1. The van der Waals surface area contributed by atoms with E-state index in [0.29, 0.717) is 29.1 Å². The van der Waals surface area contributed by atoms with Gasteiger partial charge >= 0.3 is 11.9 Å². The minimum absolute atomic E-state index is 0.0170. The molecule has 2 heterocycles. The average molecular weight is 546 g/mol. The van der Waals surface area contributed by atoms with Gasteiger partial charge in [0.05, 0.1) is 45.3 Å². The van der Waals surface area contributed by atoms with Crippen LogP contribution in [0.3, 0.4) is 0 Å². The van der Waals surface area contributed by atoms with Gasteiger partial charge in [-0.2, -0.15) is 0 Å². The Labute approximate surface area is 229 Å². The third-order valence-corrected chi connectivity index (χ3v) is 8.78. The molecule has 10 heteroatoms.